The van der Waals surface area contributed by atoms with Crippen LogP contribution in [0.15, 0.2) is 10.9 Å². The van der Waals surface area contributed by atoms with E-state index in [0.29, 0.717) is 6.42 Å². The van der Waals surface area contributed by atoms with Crippen molar-refractivity contribution in [3.63, 3.8) is 0 Å². The average Bonchev–Trinajstić information content (AvgIpc) is 2.71. The first-order valence-electron chi connectivity index (χ1n) is 5.40. The summed E-state index contributed by atoms with van der Waals surface area (Å²) in [6.45, 7) is 4.09. The Morgan fingerprint density at radius 2 is 2.33 bits per heavy atom. The number of hydrogen-bond acceptors (Lipinski definition) is 3. The van der Waals surface area contributed by atoms with Crippen molar-refractivity contribution in [3.8, 4) is 0 Å². The molecule has 0 atom stereocenters. The van der Waals surface area contributed by atoms with Gasteiger partial charge in [-0.2, -0.15) is 0 Å². The minimum absolute atomic E-state index is 0.229. The Hall–Kier alpha value is -0.900. The van der Waals surface area contributed by atoms with E-state index in [1.165, 1.54) is 0 Å². The van der Waals surface area contributed by atoms with Crippen LogP contribution in [0.3, 0.4) is 0 Å². The monoisotopic (exact) mass is 224 g/mol. The van der Waals surface area contributed by atoms with Crippen molar-refractivity contribution in [2.24, 2.45) is 5.92 Å². The maximum Gasteiger partial charge on any atom is 0.228 e. The first kappa shape index (κ1) is 10.6. The Bertz CT molecular complexity index is 315. The molecule has 2 rings (SSSR count). The van der Waals surface area contributed by atoms with E-state index in [1.54, 1.807) is 16.8 Å². The smallest absolute Gasteiger partial charge is 0.228 e. The molecule has 1 saturated heterocycles. The third-order valence-electron chi connectivity index (χ3n) is 2.95. The fourth-order valence-electron chi connectivity index (χ4n) is 1.85. The Morgan fingerprint density at radius 1 is 1.60 bits per heavy atom. The summed E-state index contributed by atoms with van der Waals surface area (Å²) in [6, 6.07) is 0. The number of thiazole rings is 1. The lowest BCUT2D eigenvalue weighted by molar-refractivity contribution is -0.131. The van der Waals surface area contributed by atoms with Gasteiger partial charge in [0.15, 0.2) is 0 Å². The Kier molecular flexibility index (Phi) is 3.36. The van der Waals surface area contributed by atoms with Crippen molar-refractivity contribution in [3.05, 3.63) is 16.6 Å². The number of carbonyl (C=O) groups excluding carboxylic acids is 1. The number of rotatable bonds is 2. The summed E-state index contributed by atoms with van der Waals surface area (Å²) in [7, 11) is 0. The second-order valence-electron chi connectivity index (χ2n) is 4.22. The van der Waals surface area contributed by atoms with Crippen molar-refractivity contribution in [2.75, 3.05) is 13.1 Å². The van der Waals surface area contributed by atoms with E-state index < -0.39 is 0 Å². The number of piperidine rings is 1. The Labute approximate surface area is 94.1 Å². The zero-order valence-corrected chi connectivity index (χ0v) is 9.80. The highest BCUT2D eigenvalue weighted by Crippen LogP contribution is 2.16. The Morgan fingerprint density at radius 3 is 2.93 bits per heavy atom. The normalized spacial score (nSPS) is 18.1. The summed E-state index contributed by atoms with van der Waals surface area (Å²) in [6.07, 6.45) is 2.75. The van der Waals surface area contributed by atoms with E-state index in [9.17, 15) is 4.79 Å². The molecule has 1 aliphatic rings. The third kappa shape index (κ3) is 2.78. The molecule has 0 saturated carbocycles. The molecule has 0 N–H and O–H groups in total. The molecule has 0 aromatic carbocycles. The van der Waals surface area contributed by atoms with Crippen LogP contribution >= 0.6 is 11.3 Å². The molecule has 1 aromatic heterocycles. The van der Waals surface area contributed by atoms with Crippen molar-refractivity contribution in [2.45, 2.75) is 26.2 Å². The summed E-state index contributed by atoms with van der Waals surface area (Å²) in [5.41, 5.74) is 2.68. The summed E-state index contributed by atoms with van der Waals surface area (Å²) in [5, 5.41) is 1.95. The number of hydrogen-bond donors (Lipinski definition) is 0. The predicted molar refractivity (Wildman–Crippen MR) is 60.8 cm³/mol. The van der Waals surface area contributed by atoms with Crippen LogP contribution in [0.1, 0.15) is 25.5 Å². The van der Waals surface area contributed by atoms with E-state index >= 15 is 0 Å². The molecule has 0 bridgehead atoms. The van der Waals surface area contributed by atoms with Crippen molar-refractivity contribution in [1.82, 2.24) is 9.88 Å². The molecule has 0 unspecified atom stereocenters. The minimum Gasteiger partial charge on any atom is -0.342 e. The minimum atomic E-state index is 0.229. The van der Waals surface area contributed by atoms with Gasteiger partial charge in [0.05, 0.1) is 17.6 Å². The molecule has 1 aromatic rings. The SMILES string of the molecule is CC1CCN(C(=O)Cc2cscn2)CC1. The van der Waals surface area contributed by atoms with Crippen LogP contribution in [0.25, 0.3) is 0 Å². The molecule has 82 valence electrons. The lowest BCUT2D eigenvalue weighted by atomic mass is 9.99. The second-order valence-corrected chi connectivity index (χ2v) is 4.94. The van der Waals surface area contributed by atoms with Crippen LogP contribution in [0.4, 0.5) is 0 Å². The molecule has 1 amide bonds. The van der Waals surface area contributed by atoms with Gasteiger partial charge in [0, 0.05) is 18.5 Å². The van der Waals surface area contributed by atoms with Gasteiger partial charge in [0.1, 0.15) is 0 Å². The molecule has 1 fully saturated rings. The lowest BCUT2D eigenvalue weighted by Gasteiger charge is -2.30. The molecular formula is C11H16N2OS. The molecule has 15 heavy (non-hydrogen) atoms. The molecule has 0 spiro atoms. The molecule has 2 heterocycles. The van der Waals surface area contributed by atoms with Crippen LogP contribution in [0.2, 0.25) is 0 Å². The first-order chi connectivity index (χ1) is 7.25. The number of aromatic nitrogens is 1. The third-order valence-corrected chi connectivity index (χ3v) is 3.59. The molecule has 1 aliphatic heterocycles. The number of nitrogens with zero attached hydrogens (tertiary/aromatic N) is 2. The molecular weight excluding hydrogens is 208 g/mol. The van der Waals surface area contributed by atoms with E-state index in [1.807, 2.05) is 10.3 Å². The zero-order chi connectivity index (χ0) is 10.7. The summed E-state index contributed by atoms with van der Waals surface area (Å²) in [5.74, 6) is 1.00. The molecule has 0 aliphatic carbocycles. The van der Waals surface area contributed by atoms with Crippen molar-refractivity contribution >= 4 is 17.2 Å². The number of amides is 1. The quantitative estimate of drug-likeness (QED) is 0.769. The summed E-state index contributed by atoms with van der Waals surface area (Å²) >= 11 is 1.55. The van der Waals surface area contributed by atoms with Gasteiger partial charge in [0.25, 0.3) is 0 Å². The van der Waals surface area contributed by atoms with Crippen LogP contribution in [-0.4, -0.2) is 28.9 Å². The number of carbonyl (C=O) groups is 1. The van der Waals surface area contributed by atoms with Gasteiger partial charge in [0.2, 0.25) is 5.91 Å². The zero-order valence-electron chi connectivity index (χ0n) is 8.98. The second kappa shape index (κ2) is 4.75. The van der Waals surface area contributed by atoms with Gasteiger partial charge in [-0.15, -0.1) is 11.3 Å². The largest absolute Gasteiger partial charge is 0.342 e. The summed E-state index contributed by atoms with van der Waals surface area (Å²) in [4.78, 5) is 18.0. The average molecular weight is 224 g/mol. The van der Waals surface area contributed by atoms with Crippen molar-refractivity contribution < 1.29 is 4.79 Å². The maximum atomic E-state index is 11.9. The fourth-order valence-corrected chi connectivity index (χ4v) is 2.41. The topological polar surface area (TPSA) is 33.2 Å². The van der Waals surface area contributed by atoms with Gasteiger partial charge < -0.3 is 4.90 Å². The lowest BCUT2D eigenvalue weighted by Crippen LogP contribution is -2.38. The van der Waals surface area contributed by atoms with Gasteiger partial charge >= 0.3 is 0 Å². The van der Waals surface area contributed by atoms with Gasteiger partial charge in [-0.25, -0.2) is 4.98 Å². The van der Waals surface area contributed by atoms with Gasteiger partial charge in [-0.05, 0) is 18.8 Å². The van der Waals surface area contributed by atoms with E-state index in [-0.39, 0.29) is 5.91 Å². The van der Waals surface area contributed by atoms with Crippen LogP contribution in [-0.2, 0) is 11.2 Å². The summed E-state index contributed by atoms with van der Waals surface area (Å²) < 4.78 is 0. The van der Waals surface area contributed by atoms with Crippen LogP contribution in [0.5, 0.6) is 0 Å². The molecule has 0 radical (unpaired) electrons. The van der Waals surface area contributed by atoms with Crippen LogP contribution < -0.4 is 0 Å². The highest BCUT2D eigenvalue weighted by atomic mass is 32.1. The van der Waals surface area contributed by atoms with E-state index in [0.717, 1.165) is 37.5 Å². The van der Waals surface area contributed by atoms with Gasteiger partial charge in [-0.1, -0.05) is 6.92 Å². The molecule has 3 nitrogen and oxygen atoms in total. The number of likely N-dealkylation sites (tertiary alicyclic amines) is 1. The molecule has 4 heteroatoms. The maximum absolute atomic E-state index is 11.9. The highest BCUT2D eigenvalue weighted by Gasteiger charge is 2.20. The Balaban J connectivity index is 1.86. The van der Waals surface area contributed by atoms with E-state index in [4.69, 9.17) is 0 Å². The fraction of sp³-hybridized carbons (Fsp3) is 0.636. The van der Waals surface area contributed by atoms with Crippen molar-refractivity contribution in [1.29, 1.82) is 0 Å². The highest BCUT2D eigenvalue weighted by molar-refractivity contribution is 7.07. The van der Waals surface area contributed by atoms with E-state index in [2.05, 4.69) is 11.9 Å². The standard InChI is InChI=1S/C11H16N2OS/c1-9-2-4-13(5-3-9)11(14)6-10-7-15-8-12-10/h7-9H,2-6H2,1H3. The predicted octanol–water partition coefficient (Wildman–Crippen LogP) is 1.94. The first-order valence-corrected chi connectivity index (χ1v) is 6.35. The van der Waals surface area contributed by atoms with Crippen LogP contribution in [0, 0.1) is 5.92 Å². The van der Waals surface area contributed by atoms with Gasteiger partial charge in [-0.3, -0.25) is 4.79 Å².